The Hall–Kier alpha value is -1.57. The van der Waals surface area contributed by atoms with Gasteiger partial charge >= 0.3 is 5.63 Å². The topological polar surface area (TPSA) is 30.2 Å². The lowest BCUT2D eigenvalue weighted by Gasteiger charge is -2.06. The third-order valence-electron chi connectivity index (χ3n) is 2.65. The molecule has 0 aliphatic heterocycles. The fourth-order valence-corrected chi connectivity index (χ4v) is 2.05. The Morgan fingerprint density at radius 2 is 1.93 bits per heavy atom. The predicted octanol–water partition coefficient (Wildman–Crippen LogP) is 2.97. The molecule has 1 aromatic carbocycles. The summed E-state index contributed by atoms with van der Waals surface area (Å²) in [4.78, 5) is 11.3. The number of aryl methyl sites for hydroxylation is 3. The maximum absolute atomic E-state index is 11.3. The summed E-state index contributed by atoms with van der Waals surface area (Å²) in [6.07, 6.45) is 0.853. The van der Waals surface area contributed by atoms with Crippen molar-refractivity contribution < 1.29 is 4.42 Å². The highest BCUT2D eigenvalue weighted by molar-refractivity contribution is 5.84. The molecule has 1 heterocycles. The van der Waals surface area contributed by atoms with Crippen LogP contribution in [0.15, 0.2) is 27.4 Å². The van der Waals surface area contributed by atoms with E-state index in [2.05, 4.69) is 13.0 Å². The van der Waals surface area contributed by atoms with E-state index in [1.54, 1.807) is 6.07 Å². The highest BCUT2D eigenvalue weighted by atomic mass is 16.4. The first-order valence-electron chi connectivity index (χ1n) is 5.16. The number of hydrogen-bond donors (Lipinski definition) is 0. The molecule has 0 saturated heterocycles. The van der Waals surface area contributed by atoms with E-state index in [0.29, 0.717) is 5.58 Å². The molecule has 0 unspecified atom stereocenters. The molecule has 0 aliphatic rings. The minimum atomic E-state index is -0.260. The van der Waals surface area contributed by atoms with E-state index in [4.69, 9.17) is 4.42 Å². The first-order chi connectivity index (χ1) is 7.11. The van der Waals surface area contributed by atoms with Crippen LogP contribution in [0, 0.1) is 13.8 Å². The van der Waals surface area contributed by atoms with Gasteiger partial charge in [0.25, 0.3) is 0 Å². The molecule has 1 aromatic heterocycles. The maximum atomic E-state index is 11.3. The molecule has 0 N–H and O–H groups in total. The minimum Gasteiger partial charge on any atom is -0.423 e. The average Bonchev–Trinajstić information content (AvgIpc) is 2.14. The highest BCUT2D eigenvalue weighted by Gasteiger charge is 2.07. The molecule has 0 aliphatic carbocycles. The molecule has 0 radical (unpaired) electrons. The van der Waals surface area contributed by atoms with Crippen molar-refractivity contribution >= 4 is 11.0 Å². The van der Waals surface area contributed by atoms with Gasteiger partial charge in [-0.3, -0.25) is 0 Å². The second-order valence-electron chi connectivity index (χ2n) is 3.90. The van der Waals surface area contributed by atoms with Crippen LogP contribution in [0.25, 0.3) is 11.0 Å². The third-order valence-corrected chi connectivity index (χ3v) is 2.65. The van der Waals surface area contributed by atoms with Gasteiger partial charge in [-0.05, 0) is 43.0 Å². The number of rotatable bonds is 1. The molecule has 78 valence electrons. The van der Waals surface area contributed by atoms with Crippen molar-refractivity contribution in [2.75, 3.05) is 0 Å². The van der Waals surface area contributed by atoms with Crippen molar-refractivity contribution in [1.82, 2.24) is 0 Å². The largest absolute Gasteiger partial charge is 0.423 e. The van der Waals surface area contributed by atoms with Crippen molar-refractivity contribution in [2.24, 2.45) is 0 Å². The number of benzene rings is 1. The van der Waals surface area contributed by atoms with Gasteiger partial charge in [-0.1, -0.05) is 13.0 Å². The quantitative estimate of drug-likeness (QED) is 0.665. The Labute approximate surface area is 88.5 Å². The monoisotopic (exact) mass is 202 g/mol. The molecule has 0 bridgehead atoms. The van der Waals surface area contributed by atoms with Crippen molar-refractivity contribution in [3.05, 3.63) is 45.3 Å². The standard InChI is InChI=1S/C13H14O2/c1-4-10-7-12(14)15-11-6-8(2)5-9(3)13(10)11/h5-7H,4H2,1-3H3. The summed E-state index contributed by atoms with van der Waals surface area (Å²) in [5.41, 5.74) is 3.81. The summed E-state index contributed by atoms with van der Waals surface area (Å²) in [5, 5.41) is 1.09. The molecule has 2 heteroatoms. The fraction of sp³-hybridized carbons (Fsp3) is 0.308. The molecular formula is C13H14O2. The Morgan fingerprint density at radius 1 is 1.20 bits per heavy atom. The summed E-state index contributed by atoms with van der Waals surface area (Å²) >= 11 is 0. The summed E-state index contributed by atoms with van der Waals surface area (Å²) < 4.78 is 5.21. The van der Waals surface area contributed by atoms with Crippen LogP contribution in [0.2, 0.25) is 0 Å². The van der Waals surface area contributed by atoms with Crippen LogP contribution in [0.3, 0.4) is 0 Å². The predicted molar refractivity (Wildman–Crippen MR) is 61.3 cm³/mol. The van der Waals surface area contributed by atoms with E-state index < -0.39 is 0 Å². The van der Waals surface area contributed by atoms with Gasteiger partial charge < -0.3 is 4.42 Å². The molecule has 0 saturated carbocycles. The first-order valence-corrected chi connectivity index (χ1v) is 5.16. The van der Waals surface area contributed by atoms with Crippen molar-refractivity contribution in [2.45, 2.75) is 27.2 Å². The van der Waals surface area contributed by atoms with Crippen molar-refractivity contribution in [1.29, 1.82) is 0 Å². The second kappa shape index (κ2) is 3.54. The Kier molecular flexibility index (Phi) is 2.35. The minimum absolute atomic E-state index is 0.260. The molecule has 0 fully saturated rings. The lowest BCUT2D eigenvalue weighted by molar-refractivity contribution is 0.558. The van der Waals surface area contributed by atoms with Crippen LogP contribution < -0.4 is 5.63 Å². The van der Waals surface area contributed by atoms with Gasteiger partial charge in [0.05, 0.1) is 0 Å². The molecule has 0 atom stereocenters. The molecule has 0 spiro atoms. The van der Waals surface area contributed by atoms with Gasteiger partial charge in [0.15, 0.2) is 0 Å². The van der Waals surface area contributed by atoms with E-state index in [-0.39, 0.29) is 5.63 Å². The van der Waals surface area contributed by atoms with Crippen LogP contribution in [-0.2, 0) is 6.42 Å². The Morgan fingerprint density at radius 3 is 2.60 bits per heavy atom. The highest BCUT2D eigenvalue weighted by Crippen LogP contribution is 2.23. The van der Waals surface area contributed by atoms with E-state index in [1.165, 1.54) is 5.56 Å². The lowest BCUT2D eigenvalue weighted by atomic mass is 10.0. The summed E-state index contributed by atoms with van der Waals surface area (Å²) in [7, 11) is 0. The first kappa shape index (κ1) is 9.97. The Balaban J connectivity index is 2.96. The zero-order valence-electron chi connectivity index (χ0n) is 9.26. The van der Waals surface area contributed by atoms with Gasteiger partial charge in [-0.15, -0.1) is 0 Å². The van der Waals surface area contributed by atoms with E-state index >= 15 is 0 Å². The van der Waals surface area contributed by atoms with Gasteiger partial charge in [0.1, 0.15) is 5.58 Å². The van der Waals surface area contributed by atoms with E-state index in [1.807, 2.05) is 19.9 Å². The fourth-order valence-electron chi connectivity index (χ4n) is 2.05. The second-order valence-corrected chi connectivity index (χ2v) is 3.90. The summed E-state index contributed by atoms with van der Waals surface area (Å²) in [5.74, 6) is 0. The summed E-state index contributed by atoms with van der Waals surface area (Å²) in [6.45, 7) is 6.10. The molecule has 0 amide bonds. The van der Waals surface area contributed by atoms with E-state index in [0.717, 1.165) is 22.9 Å². The van der Waals surface area contributed by atoms with Crippen LogP contribution in [-0.4, -0.2) is 0 Å². The van der Waals surface area contributed by atoms with Gasteiger partial charge in [0, 0.05) is 11.5 Å². The normalized spacial score (nSPS) is 10.9. The zero-order valence-corrected chi connectivity index (χ0v) is 9.26. The van der Waals surface area contributed by atoms with Crippen molar-refractivity contribution in [3.8, 4) is 0 Å². The molecule has 2 rings (SSSR count). The number of hydrogen-bond acceptors (Lipinski definition) is 2. The number of fused-ring (bicyclic) bond motifs is 1. The van der Waals surface area contributed by atoms with Crippen LogP contribution in [0.4, 0.5) is 0 Å². The van der Waals surface area contributed by atoms with Gasteiger partial charge in [0.2, 0.25) is 0 Å². The molecule has 15 heavy (non-hydrogen) atoms. The van der Waals surface area contributed by atoms with Crippen molar-refractivity contribution in [3.63, 3.8) is 0 Å². The zero-order chi connectivity index (χ0) is 11.0. The molecular weight excluding hydrogens is 188 g/mol. The van der Waals surface area contributed by atoms with E-state index in [9.17, 15) is 4.79 Å². The average molecular weight is 202 g/mol. The molecule has 2 aromatic rings. The summed E-state index contributed by atoms with van der Waals surface area (Å²) in [6, 6.07) is 5.62. The lowest BCUT2D eigenvalue weighted by Crippen LogP contribution is -2.01. The van der Waals surface area contributed by atoms with Crippen LogP contribution in [0.1, 0.15) is 23.6 Å². The van der Waals surface area contributed by atoms with Crippen LogP contribution in [0.5, 0.6) is 0 Å². The SMILES string of the molecule is CCc1cc(=O)oc2cc(C)cc(C)c12. The molecule has 2 nitrogen and oxygen atoms in total. The van der Waals surface area contributed by atoms with Gasteiger partial charge in [-0.2, -0.15) is 0 Å². The van der Waals surface area contributed by atoms with Gasteiger partial charge in [-0.25, -0.2) is 4.79 Å². The Bertz CT molecular complexity index is 564. The smallest absolute Gasteiger partial charge is 0.336 e. The maximum Gasteiger partial charge on any atom is 0.336 e. The van der Waals surface area contributed by atoms with Crippen LogP contribution >= 0.6 is 0 Å². The third kappa shape index (κ3) is 1.67.